The molecular formula is C14H19ClO2S. The fourth-order valence-electron chi connectivity index (χ4n) is 2.52. The van der Waals surface area contributed by atoms with Crippen molar-refractivity contribution in [3.8, 4) is 5.75 Å². The van der Waals surface area contributed by atoms with Crippen LogP contribution in [0.4, 0.5) is 0 Å². The maximum atomic E-state index is 10.9. The van der Waals surface area contributed by atoms with Gasteiger partial charge in [-0.3, -0.25) is 0 Å². The monoisotopic (exact) mass is 286 g/mol. The largest absolute Gasteiger partial charge is 0.495 e. The van der Waals surface area contributed by atoms with E-state index < -0.39 is 5.60 Å². The summed E-state index contributed by atoms with van der Waals surface area (Å²) in [5, 5.41) is 11.4. The van der Waals surface area contributed by atoms with E-state index in [0.29, 0.717) is 10.8 Å². The summed E-state index contributed by atoms with van der Waals surface area (Å²) >= 11 is 7.82. The predicted octanol–water partition coefficient (Wildman–Crippen LogP) is 3.70. The normalized spacial score (nSPS) is 26.9. The van der Waals surface area contributed by atoms with Gasteiger partial charge in [-0.2, -0.15) is 11.8 Å². The molecule has 0 saturated carbocycles. The van der Waals surface area contributed by atoms with Gasteiger partial charge in [0.2, 0.25) is 0 Å². The fraction of sp³-hybridized carbons (Fsp3) is 0.571. The number of methoxy groups -OCH3 is 1. The quantitative estimate of drug-likeness (QED) is 0.899. The molecule has 0 aromatic heterocycles. The Bertz CT molecular complexity index is 447. The summed E-state index contributed by atoms with van der Waals surface area (Å²) in [6.45, 7) is 4.38. The predicted molar refractivity (Wildman–Crippen MR) is 77.6 cm³/mol. The second-order valence-corrected chi connectivity index (χ2v) is 7.11. The van der Waals surface area contributed by atoms with E-state index in [1.807, 2.05) is 12.1 Å². The van der Waals surface area contributed by atoms with Crippen LogP contribution in [0.3, 0.4) is 0 Å². The maximum absolute atomic E-state index is 10.9. The Hall–Kier alpha value is -0.380. The second kappa shape index (κ2) is 4.95. The first-order chi connectivity index (χ1) is 8.36. The first-order valence-electron chi connectivity index (χ1n) is 6.00. The Morgan fingerprint density at radius 1 is 1.33 bits per heavy atom. The molecule has 1 atom stereocenters. The molecule has 2 rings (SSSR count). The first-order valence-corrected chi connectivity index (χ1v) is 7.54. The number of hydrogen-bond donors (Lipinski definition) is 1. The Balaban J connectivity index is 2.35. The van der Waals surface area contributed by atoms with E-state index in [1.54, 1.807) is 24.9 Å². The van der Waals surface area contributed by atoms with Crippen LogP contribution in [0, 0.1) is 5.41 Å². The summed E-state index contributed by atoms with van der Waals surface area (Å²) in [7, 11) is 1.59. The Morgan fingerprint density at radius 2 is 2.06 bits per heavy atom. The maximum Gasteiger partial charge on any atom is 0.137 e. The number of benzene rings is 1. The van der Waals surface area contributed by atoms with Crippen molar-refractivity contribution in [3.63, 3.8) is 0 Å². The average molecular weight is 287 g/mol. The molecule has 0 spiro atoms. The standard InChI is InChI=1S/C14H19ClO2S/c1-13(2)7-14(16,9-18-8-13)10-4-5-11(15)12(6-10)17-3/h4-6,16H,7-9H2,1-3H3. The van der Waals surface area contributed by atoms with Crippen LogP contribution in [-0.4, -0.2) is 23.7 Å². The van der Waals surface area contributed by atoms with E-state index in [2.05, 4.69) is 13.8 Å². The molecule has 1 fully saturated rings. The molecule has 1 aromatic rings. The van der Waals surface area contributed by atoms with Gasteiger partial charge in [0.15, 0.2) is 0 Å². The van der Waals surface area contributed by atoms with Gasteiger partial charge < -0.3 is 9.84 Å². The highest BCUT2D eigenvalue weighted by atomic mass is 35.5. The molecule has 0 radical (unpaired) electrons. The van der Waals surface area contributed by atoms with Crippen molar-refractivity contribution in [2.24, 2.45) is 5.41 Å². The molecule has 1 aliphatic heterocycles. The summed E-state index contributed by atoms with van der Waals surface area (Å²) in [6.07, 6.45) is 0.762. The van der Waals surface area contributed by atoms with Gasteiger partial charge >= 0.3 is 0 Å². The third-order valence-corrected chi connectivity index (χ3v) is 5.27. The lowest BCUT2D eigenvalue weighted by molar-refractivity contribution is 0.0155. The van der Waals surface area contributed by atoms with Gasteiger partial charge in [-0.25, -0.2) is 0 Å². The highest BCUT2D eigenvalue weighted by Crippen LogP contribution is 2.45. The highest BCUT2D eigenvalue weighted by molar-refractivity contribution is 7.99. The molecule has 1 unspecified atom stereocenters. The van der Waals surface area contributed by atoms with Crippen LogP contribution < -0.4 is 4.74 Å². The molecular weight excluding hydrogens is 268 g/mol. The highest BCUT2D eigenvalue weighted by Gasteiger charge is 2.40. The average Bonchev–Trinajstić information content (AvgIpc) is 2.27. The van der Waals surface area contributed by atoms with Crippen LogP contribution in [0.1, 0.15) is 25.8 Å². The number of aliphatic hydroxyl groups is 1. The van der Waals surface area contributed by atoms with Gasteiger partial charge in [-0.05, 0) is 35.3 Å². The van der Waals surface area contributed by atoms with Crippen LogP contribution in [0.15, 0.2) is 18.2 Å². The summed E-state index contributed by atoms with van der Waals surface area (Å²) in [5.74, 6) is 2.43. The van der Waals surface area contributed by atoms with E-state index >= 15 is 0 Å². The van der Waals surface area contributed by atoms with Crippen molar-refractivity contribution in [3.05, 3.63) is 28.8 Å². The molecule has 100 valence electrons. The van der Waals surface area contributed by atoms with E-state index in [-0.39, 0.29) is 5.41 Å². The van der Waals surface area contributed by atoms with Crippen LogP contribution in [0.2, 0.25) is 5.02 Å². The molecule has 1 N–H and O–H groups in total. The van der Waals surface area contributed by atoms with Crippen molar-refractivity contribution < 1.29 is 9.84 Å². The number of halogens is 1. The fourth-order valence-corrected chi connectivity index (χ4v) is 4.08. The number of hydrogen-bond acceptors (Lipinski definition) is 3. The van der Waals surface area contributed by atoms with Gasteiger partial charge in [0.25, 0.3) is 0 Å². The van der Waals surface area contributed by atoms with Crippen LogP contribution in [-0.2, 0) is 5.60 Å². The zero-order valence-electron chi connectivity index (χ0n) is 11.0. The van der Waals surface area contributed by atoms with Crippen molar-refractivity contribution >= 4 is 23.4 Å². The van der Waals surface area contributed by atoms with E-state index in [9.17, 15) is 5.11 Å². The third-order valence-electron chi connectivity index (χ3n) is 3.29. The molecule has 0 amide bonds. The SMILES string of the molecule is COc1cc(C2(O)CSCC(C)(C)C2)ccc1Cl. The minimum absolute atomic E-state index is 0.143. The van der Waals surface area contributed by atoms with Crippen LogP contribution >= 0.6 is 23.4 Å². The number of ether oxygens (including phenoxy) is 1. The third kappa shape index (κ3) is 2.79. The molecule has 0 aliphatic carbocycles. The summed E-state index contributed by atoms with van der Waals surface area (Å²) in [6, 6.07) is 5.54. The second-order valence-electron chi connectivity index (χ2n) is 5.71. The van der Waals surface area contributed by atoms with Gasteiger partial charge in [0.05, 0.1) is 17.7 Å². The first kappa shape index (κ1) is 14.0. The van der Waals surface area contributed by atoms with Gasteiger partial charge in [0, 0.05) is 5.75 Å². The molecule has 4 heteroatoms. The van der Waals surface area contributed by atoms with Crippen LogP contribution in [0.25, 0.3) is 0 Å². The summed E-state index contributed by atoms with van der Waals surface area (Å²) < 4.78 is 5.22. The summed E-state index contributed by atoms with van der Waals surface area (Å²) in [4.78, 5) is 0. The summed E-state index contributed by atoms with van der Waals surface area (Å²) in [5.41, 5.74) is 0.249. The molecule has 1 aromatic carbocycles. The zero-order chi connectivity index (χ0) is 13.4. The minimum Gasteiger partial charge on any atom is -0.495 e. The molecule has 18 heavy (non-hydrogen) atoms. The van der Waals surface area contributed by atoms with E-state index in [0.717, 1.165) is 23.5 Å². The number of rotatable bonds is 2. The van der Waals surface area contributed by atoms with Gasteiger partial charge in [0.1, 0.15) is 5.75 Å². The lowest BCUT2D eigenvalue weighted by atomic mass is 9.78. The Labute approximate surface area is 118 Å². The van der Waals surface area contributed by atoms with Gasteiger partial charge in [-0.1, -0.05) is 31.5 Å². The molecule has 2 nitrogen and oxygen atoms in total. The lowest BCUT2D eigenvalue weighted by Crippen LogP contribution is -2.40. The van der Waals surface area contributed by atoms with E-state index in [4.69, 9.17) is 16.3 Å². The smallest absolute Gasteiger partial charge is 0.137 e. The van der Waals surface area contributed by atoms with E-state index in [1.165, 1.54) is 0 Å². The topological polar surface area (TPSA) is 29.5 Å². The van der Waals surface area contributed by atoms with Crippen molar-refractivity contribution in [1.82, 2.24) is 0 Å². The van der Waals surface area contributed by atoms with Crippen molar-refractivity contribution in [2.45, 2.75) is 25.9 Å². The van der Waals surface area contributed by atoms with Crippen molar-refractivity contribution in [1.29, 1.82) is 0 Å². The molecule has 1 heterocycles. The molecule has 1 aliphatic rings. The number of thioether (sulfide) groups is 1. The molecule has 1 saturated heterocycles. The zero-order valence-corrected chi connectivity index (χ0v) is 12.6. The van der Waals surface area contributed by atoms with Crippen LogP contribution in [0.5, 0.6) is 5.75 Å². The Morgan fingerprint density at radius 3 is 2.67 bits per heavy atom. The lowest BCUT2D eigenvalue weighted by Gasteiger charge is -2.41. The van der Waals surface area contributed by atoms with Crippen molar-refractivity contribution in [2.75, 3.05) is 18.6 Å². The molecule has 0 bridgehead atoms. The Kier molecular flexibility index (Phi) is 3.86. The minimum atomic E-state index is -0.787. The van der Waals surface area contributed by atoms with Gasteiger partial charge in [-0.15, -0.1) is 0 Å².